The molecule has 2 heterocycles. The van der Waals surface area contributed by atoms with Gasteiger partial charge >= 0.3 is 0 Å². The molecule has 5 N–H and O–H groups in total. The van der Waals surface area contributed by atoms with Gasteiger partial charge in [0.25, 0.3) is 11.8 Å². The molecule has 2 amide bonds. The summed E-state index contributed by atoms with van der Waals surface area (Å²) in [5.74, 6) is -0.201. The molecule has 0 bridgehead atoms. The number of nitrogens with zero attached hydrogens (tertiary/aromatic N) is 2. The Hall–Kier alpha value is -3.63. The molecule has 1 saturated heterocycles. The van der Waals surface area contributed by atoms with Gasteiger partial charge in [-0.2, -0.15) is 0 Å². The fourth-order valence-corrected chi connectivity index (χ4v) is 3.30. The highest BCUT2D eigenvalue weighted by Gasteiger charge is 2.23. The van der Waals surface area contributed by atoms with E-state index in [1.165, 1.54) is 30.5 Å². The lowest BCUT2D eigenvalue weighted by atomic mass is 10.1. The van der Waals surface area contributed by atoms with Gasteiger partial charge in [-0.1, -0.05) is 11.6 Å². The SMILES string of the molecule is CC(C)N/C=C\C(=N)NC(=O)c1cc(Oc2ncc(C(=O)N3CCC3)cc2Cl)cc(O[C@@H](C)C[OH2+])c1. The van der Waals surface area contributed by atoms with E-state index in [2.05, 4.69) is 15.6 Å². The van der Waals surface area contributed by atoms with Crippen LogP contribution in [-0.4, -0.2) is 64.5 Å². The highest BCUT2D eigenvalue weighted by atomic mass is 35.5. The highest BCUT2D eigenvalue weighted by molar-refractivity contribution is 6.32. The summed E-state index contributed by atoms with van der Waals surface area (Å²) >= 11 is 6.34. The summed E-state index contributed by atoms with van der Waals surface area (Å²) in [6.45, 7) is 7.08. The van der Waals surface area contributed by atoms with Gasteiger partial charge in [0, 0.05) is 43.2 Å². The van der Waals surface area contributed by atoms with Crippen LogP contribution in [0, 0.1) is 5.41 Å². The third-order valence-electron chi connectivity index (χ3n) is 5.11. The quantitative estimate of drug-likeness (QED) is 0.252. The summed E-state index contributed by atoms with van der Waals surface area (Å²) in [6, 6.07) is 6.22. The molecular formula is C25H31ClN5O5+. The van der Waals surface area contributed by atoms with Crippen molar-refractivity contribution in [2.24, 2.45) is 0 Å². The summed E-state index contributed by atoms with van der Waals surface area (Å²) in [5.41, 5.74) is 0.544. The molecule has 0 spiro atoms. The first-order chi connectivity index (χ1) is 17.2. The molecule has 0 radical (unpaired) electrons. The lowest BCUT2D eigenvalue weighted by Crippen LogP contribution is -2.42. The normalized spacial score (nSPS) is 13.8. The zero-order chi connectivity index (χ0) is 26.2. The number of halogens is 1. The van der Waals surface area contributed by atoms with Crippen LogP contribution >= 0.6 is 11.6 Å². The van der Waals surface area contributed by atoms with E-state index in [-0.39, 0.29) is 46.6 Å². The Morgan fingerprint density at radius 2 is 1.92 bits per heavy atom. The van der Waals surface area contributed by atoms with Gasteiger partial charge in [-0.3, -0.25) is 15.0 Å². The standard InChI is InChI=1S/C25H30ClN5O5/c1-15(2)28-6-5-22(27)30-23(33)17-9-19(35-16(3)14-32)12-20(10-17)36-24-21(26)11-18(13-29-24)25(34)31-7-4-8-31/h5-6,9-13,15-16,28,32H,4,7-8,14H2,1-3H3,(H2,27,30,33)/p+1/b6-5-/t16-/m0/s1. The van der Waals surface area contributed by atoms with Gasteiger partial charge in [-0.25, -0.2) is 4.98 Å². The van der Waals surface area contributed by atoms with Gasteiger partial charge in [-0.05, 0) is 51.5 Å². The summed E-state index contributed by atoms with van der Waals surface area (Å²) in [6.07, 6.45) is 4.97. The van der Waals surface area contributed by atoms with Crippen LogP contribution in [0.25, 0.3) is 0 Å². The van der Waals surface area contributed by atoms with E-state index in [0.29, 0.717) is 24.4 Å². The Morgan fingerprint density at radius 1 is 1.19 bits per heavy atom. The number of hydrogen-bond acceptors (Lipinski definition) is 7. The lowest BCUT2D eigenvalue weighted by molar-refractivity contribution is 0.0651. The monoisotopic (exact) mass is 516 g/mol. The first kappa shape index (κ1) is 27.0. The van der Waals surface area contributed by atoms with Crippen molar-refractivity contribution in [3.63, 3.8) is 0 Å². The Kier molecular flexibility index (Phi) is 9.26. The topological polar surface area (TPSA) is 140 Å². The Labute approximate surface area is 214 Å². The molecule has 10 nitrogen and oxygen atoms in total. The molecule has 1 fully saturated rings. The molecule has 1 aliphatic heterocycles. The zero-order valence-corrected chi connectivity index (χ0v) is 21.2. The average molecular weight is 517 g/mol. The van der Waals surface area contributed by atoms with Gasteiger partial charge in [0.2, 0.25) is 5.88 Å². The molecule has 0 unspecified atom stereocenters. The Bertz CT molecular complexity index is 1150. The first-order valence-electron chi connectivity index (χ1n) is 11.6. The van der Waals surface area contributed by atoms with Crippen LogP contribution in [0.2, 0.25) is 5.02 Å². The van der Waals surface area contributed by atoms with Gasteiger partial charge in [-0.15, -0.1) is 0 Å². The summed E-state index contributed by atoms with van der Waals surface area (Å²) in [5, 5.41) is 21.1. The van der Waals surface area contributed by atoms with Crippen molar-refractivity contribution in [1.29, 1.82) is 5.41 Å². The summed E-state index contributed by atoms with van der Waals surface area (Å²) in [4.78, 5) is 31.1. The second-order valence-corrected chi connectivity index (χ2v) is 9.01. The predicted octanol–water partition coefficient (Wildman–Crippen LogP) is 3.08. The molecule has 2 aromatic rings. The Balaban J connectivity index is 1.81. The molecule has 0 aliphatic carbocycles. The minimum absolute atomic E-state index is 0.0186. The molecular weight excluding hydrogens is 486 g/mol. The van der Waals surface area contributed by atoms with E-state index < -0.39 is 12.0 Å². The van der Waals surface area contributed by atoms with Crippen molar-refractivity contribution in [1.82, 2.24) is 20.5 Å². The van der Waals surface area contributed by atoms with E-state index in [1.807, 2.05) is 13.8 Å². The number of benzene rings is 1. The average Bonchev–Trinajstić information content (AvgIpc) is 2.78. The lowest BCUT2D eigenvalue weighted by Gasteiger charge is -2.30. The van der Waals surface area contributed by atoms with E-state index in [4.69, 9.17) is 31.6 Å². The van der Waals surface area contributed by atoms with Crippen LogP contribution in [0.1, 0.15) is 47.9 Å². The second kappa shape index (κ2) is 12.4. The predicted molar refractivity (Wildman–Crippen MR) is 137 cm³/mol. The van der Waals surface area contributed by atoms with Crippen molar-refractivity contribution in [3.8, 4) is 17.4 Å². The fraction of sp³-hybridized carbons (Fsp3) is 0.360. The minimum Gasteiger partial charge on any atom is -0.483 e. The summed E-state index contributed by atoms with van der Waals surface area (Å²) in [7, 11) is 0. The second-order valence-electron chi connectivity index (χ2n) is 8.61. The molecule has 1 atom stereocenters. The maximum atomic E-state index is 12.8. The number of likely N-dealkylation sites (tertiary alicyclic amines) is 1. The van der Waals surface area contributed by atoms with Crippen molar-refractivity contribution >= 4 is 29.3 Å². The van der Waals surface area contributed by atoms with Crippen LogP contribution < -0.4 is 20.1 Å². The molecule has 3 rings (SSSR count). The van der Waals surface area contributed by atoms with Crippen LogP contribution in [0.5, 0.6) is 17.4 Å². The maximum absolute atomic E-state index is 12.8. The highest BCUT2D eigenvalue weighted by Crippen LogP contribution is 2.32. The summed E-state index contributed by atoms with van der Waals surface area (Å²) < 4.78 is 11.6. The molecule has 1 aliphatic rings. The van der Waals surface area contributed by atoms with Crippen LogP contribution in [0.3, 0.4) is 0 Å². The number of aromatic nitrogens is 1. The number of rotatable bonds is 10. The molecule has 1 aromatic carbocycles. The van der Waals surface area contributed by atoms with Gasteiger partial charge in [0.1, 0.15) is 22.4 Å². The number of ether oxygens (including phenoxy) is 2. The number of nitrogens with one attached hydrogen (secondary N) is 3. The first-order valence-corrected chi connectivity index (χ1v) is 12.0. The third kappa shape index (κ3) is 7.43. The van der Waals surface area contributed by atoms with E-state index >= 15 is 0 Å². The van der Waals surface area contributed by atoms with Crippen LogP contribution in [-0.2, 0) is 0 Å². The smallest absolute Gasteiger partial charge is 0.257 e. The number of amides is 2. The van der Waals surface area contributed by atoms with Crippen LogP contribution in [0.15, 0.2) is 42.7 Å². The number of pyridine rings is 1. The fourth-order valence-electron chi connectivity index (χ4n) is 3.09. The van der Waals surface area contributed by atoms with E-state index in [1.54, 1.807) is 24.1 Å². The molecule has 11 heteroatoms. The van der Waals surface area contributed by atoms with Crippen molar-refractivity contribution in [2.45, 2.75) is 39.3 Å². The van der Waals surface area contributed by atoms with Gasteiger partial charge < -0.3 is 30.1 Å². The van der Waals surface area contributed by atoms with E-state index in [0.717, 1.165) is 6.42 Å². The molecule has 36 heavy (non-hydrogen) atoms. The number of amidine groups is 1. The Morgan fingerprint density at radius 3 is 2.53 bits per heavy atom. The molecule has 0 saturated carbocycles. The van der Waals surface area contributed by atoms with Gasteiger partial charge in [0.15, 0.2) is 12.7 Å². The molecule has 192 valence electrons. The van der Waals surface area contributed by atoms with Crippen LogP contribution in [0.4, 0.5) is 0 Å². The van der Waals surface area contributed by atoms with Gasteiger partial charge in [0.05, 0.1) is 5.56 Å². The van der Waals surface area contributed by atoms with E-state index in [9.17, 15) is 9.59 Å². The van der Waals surface area contributed by atoms with Crippen molar-refractivity contribution in [3.05, 3.63) is 58.9 Å². The van der Waals surface area contributed by atoms with Crippen molar-refractivity contribution < 1.29 is 24.2 Å². The number of carbonyl (C=O) groups is 2. The largest absolute Gasteiger partial charge is 0.483 e. The molecule has 1 aromatic heterocycles. The van der Waals surface area contributed by atoms with Crippen molar-refractivity contribution in [2.75, 3.05) is 19.7 Å². The zero-order valence-electron chi connectivity index (χ0n) is 20.4. The number of carbonyl (C=O) groups excluding carboxylic acids is 2. The number of hydrogen-bond donors (Lipinski definition) is 3. The maximum Gasteiger partial charge on any atom is 0.257 e. The minimum atomic E-state index is -0.544. The third-order valence-corrected chi connectivity index (χ3v) is 5.38.